The molecule has 150 valence electrons. The molecule has 3 rings (SSSR count). The minimum absolute atomic E-state index is 0.148. The van der Waals surface area contributed by atoms with Crippen molar-refractivity contribution < 1.29 is 23.5 Å². The number of ether oxygens (including phenoxy) is 1. The van der Waals surface area contributed by atoms with Crippen LogP contribution in [0.5, 0.6) is 0 Å². The van der Waals surface area contributed by atoms with Gasteiger partial charge in [0.25, 0.3) is 0 Å². The normalized spacial score (nSPS) is 10.6. The molecule has 0 saturated carbocycles. The lowest BCUT2D eigenvalue weighted by Crippen LogP contribution is -2.17. The predicted octanol–water partition coefficient (Wildman–Crippen LogP) is 2.82. The summed E-state index contributed by atoms with van der Waals surface area (Å²) in [6.45, 7) is 2.96. The van der Waals surface area contributed by atoms with Crippen LogP contribution in [-0.2, 0) is 16.0 Å². The first kappa shape index (κ1) is 20.0. The molecule has 2 N–H and O–H groups in total. The molecule has 0 atom stereocenters. The highest BCUT2D eigenvalue weighted by molar-refractivity contribution is 6.02. The second-order valence-electron chi connectivity index (χ2n) is 6.39. The van der Waals surface area contributed by atoms with E-state index in [9.17, 15) is 18.8 Å². The van der Waals surface area contributed by atoms with E-state index in [1.165, 1.54) is 43.3 Å². The molecule has 0 radical (unpaired) electrons. The van der Waals surface area contributed by atoms with Gasteiger partial charge in [-0.2, -0.15) is 0 Å². The Bertz CT molecular complexity index is 1090. The summed E-state index contributed by atoms with van der Waals surface area (Å²) in [5.74, 6) is -1.94. The Morgan fingerprint density at radius 1 is 1.31 bits per heavy atom. The number of halogens is 1. The molecular weight excluding hydrogens is 379 g/mol. The summed E-state index contributed by atoms with van der Waals surface area (Å²) in [7, 11) is 1.22. The van der Waals surface area contributed by atoms with Crippen molar-refractivity contribution in [1.29, 1.82) is 0 Å². The maximum atomic E-state index is 14.3. The average Bonchev–Trinajstić information content (AvgIpc) is 3.29. The predicted molar refractivity (Wildman–Crippen MR) is 103 cm³/mol. The number of hydrogen-bond donors (Lipinski definition) is 2. The Labute approximate surface area is 165 Å². The van der Waals surface area contributed by atoms with Crippen LogP contribution in [0.25, 0.3) is 5.69 Å². The average molecular weight is 398 g/mol. The van der Waals surface area contributed by atoms with Crippen LogP contribution in [0.3, 0.4) is 0 Å². The standard InChI is InChI=1S/C20H19FN4O4/c1-11-18(20(28)29-3)15(24-19(11)12(2)26)9-17(27)23-13-4-5-16(14(21)8-13)25-7-6-22-10-25/h4-8,10,24H,9H2,1-3H3,(H,23,27). The third-order valence-corrected chi connectivity index (χ3v) is 4.42. The number of carbonyl (C=O) groups is 3. The summed E-state index contributed by atoms with van der Waals surface area (Å²) < 4.78 is 20.6. The lowest BCUT2D eigenvalue weighted by molar-refractivity contribution is -0.115. The van der Waals surface area contributed by atoms with Crippen molar-refractivity contribution >= 4 is 23.3 Å². The van der Waals surface area contributed by atoms with Gasteiger partial charge in [0.15, 0.2) is 5.78 Å². The molecule has 0 spiro atoms. The fourth-order valence-corrected chi connectivity index (χ4v) is 3.08. The van der Waals surface area contributed by atoms with Gasteiger partial charge in [-0.1, -0.05) is 0 Å². The summed E-state index contributed by atoms with van der Waals surface area (Å²) in [4.78, 5) is 43.0. The number of methoxy groups -OCH3 is 1. The molecule has 3 aromatic rings. The van der Waals surface area contributed by atoms with Crippen molar-refractivity contribution in [1.82, 2.24) is 14.5 Å². The highest BCUT2D eigenvalue weighted by Gasteiger charge is 2.24. The number of hydrogen-bond acceptors (Lipinski definition) is 5. The number of anilines is 1. The zero-order chi connectivity index (χ0) is 21.1. The fourth-order valence-electron chi connectivity index (χ4n) is 3.08. The van der Waals surface area contributed by atoms with Crippen LogP contribution in [0, 0.1) is 12.7 Å². The number of aromatic nitrogens is 3. The number of amides is 1. The van der Waals surface area contributed by atoms with E-state index in [1.807, 2.05) is 0 Å². The maximum absolute atomic E-state index is 14.3. The Morgan fingerprint density at radius 2 is 2.07 bits per heavy atom. The molecule has 0 bridgehead atoms. The Hall–Kier alpha value is -3.75. The van der Waals surface area contributed by atoms with Gasteiger partial charge < -0.3 is 19.6 Å². The smallest absolute Gasteiger partial charge is 0.339 e. The SMILES string of the molecule is COC(=O)c1c(CC(=O)Nc2ccc(-n3ccnc3)c(F)c2)[nH]c(C(C)=O)c1C. The summed E-state index contributed by atoms with van der Waals surface area (Å²) in [6, 6.07) is 4.26. The maximum Gasteiger partial charge on any atom is 0.339 e. The van der Waals surface area contributed by atoms with Gasteiger partial charge >= 0.3 is 5.97 Å². The van der Waals surface area contributed by atoms with Gasteiger partial charge in [-0.3, -0.25) is 9.59 Å². The largest absolute Gasteiger partial charge is 0.465 e. The van der Waals surface area contributed by atoms with Gasteiger partial charge in [-0.25, -0.2) is 14.2 Å². The van der Waals surface area contributed by atoms with Crippen LogP contribution in [0.2, 0.25) is 0 Å². The number of aromatic amines is 1. The van der Waals surface area contributed by atoms with Crippen LogP contribution in [0.4, 0.5) is 10.1 Å². The zero-order valence-corrected chi connectivity index (χ0v) is 16.1. The fraction of sp³-hybridized carbons (Fsp3) is 0.200. The van der Waals surface area contributed by atoms with E-state index in [4.69, 9.17) is 4.74 Å². The van der Waals surface area contributed by atoms with Crippen LogP contribution in [-0.4, -0.2) is 39.3 Å². The minimum Gasteiger partial charge on any atom is -0.465 e. The summed E-state index contributed by atoms with van der Waals surface area (Å²) >= 11 is 0. The molecule has 0 aliphatic carbocycles. The van der Waals surface area contributed by atoms with Gasteiger partial charge in [-0.05, 0) is 30.7 Å². The van der Waals surface area contributed by atoms with Crippen molar-refractivity contribution in [3.05, 3.63) is 65.3 Å². The van der Waals surface area contributed by atoms with E-state index in [0.717, 1.165) is 0 Å². The molecular formula is C20H19FN4O4. The molecule has 29 heavy (non-hydrogen) atoms. The van der Waals surface area contributed by atoms with Gasteiger partial charge in [0.05, 0.1) is 36.8 Å². The molecule has 2 aromatic heterocycles. The van der Waals surface area contributed by atoms with Crippen molar-refractivity contribution in [3.8, 4) is 5.69 Å². The van der Waals surface area contributed by atoms with E-state index in [2.05, 4.69) is 15.3 Å². The number of benzene rings is 1. The number of rotatable bonds is 6. The van der Waals surface area contributed by atoms with Crippen molar-refractivity contribution in [2.75, 3.05) is 12.4 Å². The van der Waals surface area contributed by atoms with E-state index < -0.39 is 17.7 Å². The lowest BCUT2D eigenvalue weighted by atomic mass is 10.1. The van der Waals surface area contributed by atoms with E-state index in [-0.39, 0.29) is 34.8 Å². The Kier molecular flexibility index (Phi) is 5.58. The number of nitrogens with one attached hydrogen (secondary N) is 2. The van der Waals surface area contributed by atoms with Gasteiger partial charge in [0.2, 0.25) is 5.91 Å². The Morgan fingerprint density at radius 3 is 2.66 bits per heavy atom. The number of H-pyrrole nitrogens is 1. The topological polar surface area (TPSA) is 106 Å². The molecule has 0 aliphatic rings. The molecule has 8 nitrogen and oxygen atoms in total. The third kappa shape index (κ3) is 4.08. The first-order chi connectivity index (χ1) is 13.8. The molecule has 0 saturated heterocycles. The first-order valence-corrected chi connectivity index (χ1v) is 8.70. The Balaban J connectivity index is 1.81. The zero-order valence-electron chi connectivity index (χ0n) is 16.1. The molecule has 9 heteroatoms. The first-order valence-electron chi connectivity index (χ1n) is 8.70. The van der Waals surface area contributed by atoms with Crippen LogP contribution in [0.1, 0.15) is 39.0 Å². The number of ketones is 1. The molecule has 0 unspecified atom stereocenters. The monoisotopic (exact) mass is 398 g/mol. The summed E-state index contributed by atoms with van der Waals surface area (Å²) in [5, 5.41) is 2.58. The number of esters is 1. The third-order valence-electron chi connectivity index (χ3n) is 4.42. The van der Waals surface area contributed by atoms with Crippen LogP contribution >= 0.6 is 0 Å². The molecule has 1 aromatic carbocycles. The van der Waals surface area contributed by atoms with E-state index in [1.54, 1.807) is 19.2 Å². The minimum atomic E-state index is -0.648. The van der Waals surface area contributed by atoms with Gasteiger partial charge in [0, 0.05) is 30.7 Å². The van der Waals surface area contributed by atoms with Crippen molar-refractivity contribution in [3.63, 3.8) is 0 Å². The number of carbonyl (C=O) groups excluding carboxylic acids is 3. The summed E-state index contributed by atoms with van der Waals surface area (Å²) in [6.07, 6.45) is 4.38. The second-order valence-corrected chi connectivity index (χ2v) is 6.39. The summed E-state index contributed by atoms with van der Waals surface area (Å²) in [5.41, 5.74) is 1.61. The molecule has 0 aliphatic heterocycles. The highest BCUT2D eigenvalue weighted by Crippen LogP contribution is 2.22. The number of Topliss-reactive ketones (excluding diaryl/α,β-unsaturated/α-hetero) is 1. The quantitative estimate of drug-likeness (QED) is 0.491. The number of imidazole rings is 1. The van der Waals surface area contributed by atoms with E-state index >= 15 is 0 Å². The molecule has 2 heterocycles. The van der Waals surface area contributed by atoms with Gasteiger partial charge in [-0.15, -0.1) is 0 Å². The molecule has 1 amide bonds. The molecule has 0 fully saturated rings. The lowest BCUT2D eigenvalue weighted by Gasteiger charge is -2.09. The van der Waals surface area contributed by atoms with Crippen molar-refractivity contribution in [2.45, 2.75) is 20.3 Å². The van der Waals surface area contributed by atoms with E-state index in [0.29, 0.717) is 11.3 Å². The highest BCUT2D eigenvalue weighted by atomic mass is 19.1. The number of nitrogens with zero attached hydrogens (tertiary/aromatic N) is 2. The van der Waals surface area contributed by atoms with Crippen LogP contribution in [0.15, 0.2) is 36.9 Å². The second kappa shape index (κ2) is 8.09. The van der Waals surface area contributed by atoms with Gasteiger partial charge in [0.1, 0.15) is 5.82 Å². The van der Waals surface area contributed by atoms with Crippen molar-refractivity contribution in [2.24, 2.45) is 0 Å². The van der Waals surface area contributed by atoms with Crippen LogP contribution < -0.4 is 5.32 Å².